The van der Waals surface area contributed by atoms with Crippen molar-refractivity contribution in [1.29, 1.82) is 0 Å². The highest BCUT2D eigenvalue weighted by Crippen LogP contribution is 2.41. The van der Waals surface area contributed by atoms with E-state index in [1.807, 2.05) is 6.26 Å². The third kappa shape index (κ3) is 3.93. The van der Waals surface area contributed by atoms with Gasteiger partial charge in [-0.05, 0) is 32.6 Å². The first-order valence-corrected chi connectivity index (χ1v) is 8.73. The van der Waals surface area contributed by atoms with E-state index in [1.54, 1.807) is 7.11 Å². The number of ether oxygens (including phenoxy) is 1. The Labute approximate surface area is 125 Å². The van der Waals surface area contributed by atoms with Crippen LogP contribution >= 0.6 is 0 Å². The highest BCUT2D eigenvalue weighted by atomic mass is 16.5. The molecule has 2 rings (SSSR count). The predicted octanol–water partition coefficient (Wildman–Crippen LogP) is 4.96. The third-order valence-corrected chi connectivity index (χ3v) is 5.16. The molecule has 0 N–H and O–H groups in total. The zero-order chi connectivity index (χ0) is 14.4. The van der Waals surface area contributed by atoms with Crippen LogP contribution in [0.25, 0.3) is 0 Å². The maximum absolute atomic E-state index is 5.40. The van der Waals surface area contributed by atoms with Crippen molar-refractivity contribution in [2.45, 2.75) is 77.7 Å². The van der Waals surface area contributed by atoms with Gasteiger partial charge in [0.15, 0.2) is 0 Å². The van der Waals surface area contributed by atoms with E-state index in [-0.39, 0.29) is 0 Å². The quantitative estimate of drug-likeness (QED) is 0.663. The first kappa shape index (κ1) is 15.7. The second-order valence-electron chi connectivity index (χ2n) is 6.94. The lowest BCUT2D eigenvalue weighted by Gasteiger charge is -2.26. The maximum Gasteiger partial charge on any atom is 0.102 e. The van der Waals surface area contributed by atoms with Crippen molar-refractivity contribution in [1.82, 2.24) is 4.90 Å². The second kappa shape index (κ2) is 7.95. The summed E-state index contributed by atoms with van der Waals surface area (Å²) in [4.78, 5) is 2.59. The highest BCUT2D eigenvalue weighted by molar-refractivity contribution is 5.12. The minimum absolute atomic E-state index is 0.594. The highest BCUT2D eigenvalue weighted by Gasteiger charge is 2.37. The molecule has 1 heterocycles. The molecular weight excluding hydrogens is 246 g/mol. The molecule has 0 bridgehead atoms. The van der Waals surface area contributed by atoms with Crippen molar-refractivity contribution in [3.63, 3.8) is 0 Å². The average molecular weight is 279 g/mol. The van der Waals surface area contributed by atoms with Gasteiger partial charge in [-0.3, -0.25) is 0 Å². The van der Waals surface area contributed by atoms with Crippen molar-refractivity contribution in [2.24, 2.45) is 11.8 Å². The van der Waals surface area contributed by atoms with Crippen LogP contribution in [0.2, 0.25) is 0 Å². The van der Waals surface area contributed by atoms with Gasteiger partial charge in [0, 0.05) is 18.5 Å². The van der Waals surface area contributed by atoms with E-state index in [9.17, 15) is 0 Å². The van der Waals surface area contributed by atoms with E-state index in [0.29, 0.717) is 6.04 Å². The monoisotopic (exact) mass is 279 g/mol. The number of likely N-dealkylation sites (tertiary alicyclic amines) is 1. The van der Waals surface area contributed by atoms with Crippen molar-refractivity contribution in [2.75, 3.05) is 13.7 Å². The van der Waals surface area contributed by atoms with E-state index < -0.39 is 0 Å². The van der Waals surface area contributed by atoms with Crippen LogP contribution in [0.4, 0.5) is 0 Å². The minimum atomic E-state index is 0.594. The first-order chi connectivity index (χ1) is 9.74. The summed E-state index contributed by atoms with van der Waals surface area (Å²) in [5.41, 5.74) is 1.48. The van der Waals surface area contributed by atoms with Crippen LogP contribution in [-0.2, 0) is 4.74 Å². The summed E-state index contributed by atoms with van der Waals surface area (Å²) in [6, 6.07) is 0.594. The molecule has 116 valence electrons. The summed E-state index contributed by atoms with van der Waals surface area (Å²) < 4.78 is 5.40. The smallest absolute Gasteiger partial charge is 0.102 e. The van der Waals surface area contributed by atoms with Gasteiger partial charge in [-0.1, -0.05) is 44.9 Å². The minimum Gasteiger partial charge on any atom is -0.503 e. The fraction of sp³-hybridized carbons (Fsp3) is 0.889. The molecule has 2 nitrogen and oxygen atoms in total. The Bertz CT molecular complexity index is 311. The standard InChI is InChI=1S/C18H33NO/c1-15(2)19-13-16-11-9-7-5-4-6-8-10-12-17(16)18(19)14-20-3/h14-17H,4-13H2,1-3H3/b18-14+. The van der Waals surface area contributed by atoms with E-state index in [0.717, 1.165) is 11.8 Å². The lowest BCUT2D eigenvalue weighted by Crippen LogP contribution is -2.27. The number of hydrogen-bond acceptors (Lipinski definition) is 2. The van der Waals surface area contributed by atoms with Crippen LogP contribution in [0, 0.1) is 11.8 Å². The number of nitrogens with zero attached hydrogens (tertiary/aromatic N) is 1. The second-order valence-corrected chi connectivity index (χ2v) is 6.94. The molecule has 1 saturated heterocycles. The summed E-state index contributed by atoms with van der Waals surface area (Å²) in [7, 11) is 1.80. The molecule has 2 aliphatic rings. The Morgan fingerprint density at radius 1 is 1.00 bits per heavy atom. The van der Waals surface area contributed by atoms with E-state index in [4.69, 9.17) is 4.74 Å². The summed E-state index contributed by atoms with van der Waals surface area (Å²) >= 11 is 0. The molecule has 2 atom stereocenters. The predicted molar refractivity (Wildman–Crippen MR) is 85.5 cm³/mol. The fourth-order valence-corrected chi connectivity index (χ4v) is 4.06. The summed E-state index contributed by atoms with van der Waals surface area (Å²) in [6.07, 6.45) is 14.8. The number of allylic oxidation sites excluding steroid dienone is 1. The molecule has 0 radical (unpaired) electrons. The van der Waals surface area contributed by atoms with Gasteiger partial charge in [0.1, 0.15) is 6.26 Å². The number of fused-ring (bicyclic) bond motifs is 1. The Morgan fingerprint density at radius 3 is 2.20 bits per heavy atom. The van der Waals surface area contributed by atoms with Crippen molar-refractivity contribution < 1.29 is 4.74 Å². The molecule has 0 aromatic carbocycles. The molecule has 1 aliphatic carbocycles. The van der Waals surface area contributed by atoms with E-state index in [1.165, 1.54) is 70.0 Å². The molecule has 20 heavy (non-hydrogen) atoms. The molecule has 0 aromatic heterocycles. The summed E-state index contributed by atoms with van der Waals surface area (Å²) in [5, 5.41) is 0. The summed E-state index contributed by atoms with van der Waals surface area (Å²) in [6.45, 7) is 5.87. The summed E-state index contributed by atoms with van der Waals surface area (Å²) in [5.74, 6) is 1.60. The Kier molecular flexibility index (Phi) is 6.25. The maximum atomic E-state index is 5.40. The number of hydrogen-bond donors (Lipinski definition) is 0. The van der Waals surface area contributed by atoms with Crippen LogP contribution in [0.5, 0.6) is 0 Å². The lowest BCUT2D eigenvalue weighted by molar-refractivity contribution is 0.272. The first-order valence-electron chi connectivity index (χ1n) is 8.73. The van der Waals surface area contributed by atoms with E-state index in [2.05, 4.69) is 18.7 Å². The van der Waals surface area contributed by atoms with Crippen LogP contribution in [-0.4, -0.2) is 24.6 Å². The fourth-order valence-electron chi connectivity index (χ4n) is 4.06. The van der Waals surface area contributed by atoms with Crippen molar-refractivity contribution in [3.05, 3.63) is 12.0 Å². The Hall–Kier alpha value is -0.660. The molecule has 2 heteroatoms. The van der Waals surface area contributed by atoms with Crippen LogP contribution < -0.4 is 0 Å². The van der Waals surface area contributed by atoms with Crippen LogP contribution in [0.15, 0.2) is 12.0 Å². The largest absolute Gasteiger partial charge is 0.503 e. The molecule has 2 fully saturated rings. The van der Waals surface area contributed by atoms with Gasteiger partial charge in [-0.2, -0.15) is 0 Å². The molecular formula is C18H33NO. The SMILES string of the molecule is CO/C=C1\C2CCCCCCCCCC2CN1C(C)C. The van der Waals surface area contributed by atoms with Crippen molar-refractivity contribution in [3.8, 4) is 0 Å². The Morgan fingerprint density at radius 2 is 1.60 bits per heavy atom. The van der Waals surface area contributed by atoms with E-state index >= 15 is 0 Å². The number of rotatable bonds is 2. The van der Waals surface area contributed by atoms with Gasteiger partial charge in [-0.15, -0.1) is 0 Å². The molecule has 0 amide bonds. The zero-order valence-corrected chi connectivity index (χ0v) is 13.7. The molecule has 1 aliphatic heterocycles. The molecule has 1 saturated carbocycles. The normalized spacial score (nSPS) is 31.2. The number of methoxy groups -OCH3 is 1. The van der Waals surface area contributed by atoms with Gasteiger partial charge in [-0.25, -0.2) is 0 Å². The molecule has 0 aromatic rings. The third-order valence-electron chi connectivity index (χ3n) is 5.16. The van der Waals surface area contributed by atoms with Gasteiger partial charge in [0.2, 0.25) is 0 Å². The lowest BCUT2D eigenvalue weighted by atomic mass is 9.86. The molecule has 0 spiro atoms. The van der Waals surface area contributed by atoms with Gasteiger partial charge in [0.05, 0.1) is 12.8 Å². The van der Waals surface area contributed by atoms with Gasteiger partial charge in [0.25, 0.3) is 0 Å². The zero-order valence-electron chi connectivity index (χ0n) is 13.7. The molecule has 2 unspecified atom stereocenters. The van der Waals surface area contributed by atoms with Gasteiger partial charge >= 0.3 is 0 Å². The topological polar surface area (TPSA) is 12.5 Å². The van der Waals surface area contributed by atoms with Gasteiger partial charge < -0.3 is 9.64 Å². The average Bonchev–Trinajstić information content (AvgIpc) is 2.73. The van der Waals surface area contributed by atoms with Crippen LogP contribution in [0.1, 0.15) is 71.6 Å². The van der Waals surface area contributed by atoms with Crippen molar-refractivity contribution >= 4 is 0 Å². The Balaban J connectivity index is 2.10. The van der Waals surface area contributed by atoms with Crippen LogP contribution in [0.3, 0.4) is 0 Å².